The van der Waals surface area contributed by atoms with E-state index in [9.17, 15) is 4.79 Å². The van der Waals surface area contributed by atoms with Gasteiger partial charge in [0.25, 0.3) is 0 Å². The smallest absolute Gasteiger partial charge is 0.223 e. The highest BCUT2D eigenvalue weighted by molar-refractivity contribution is 5.87. The van der Waals surface area contributed by atoms with Gasteiger partial charge in [0.05, 0.1) is 30.8 Å². The number of aromatic nitrogens is 2. The number of benzene rings is 1. The Labute approximate surface area is 181 Å². The summed E-state index contributed by atoms with van der Waals surface area (Å²) in [5.74, 6) is 2.03. The maximum atomic E-state index is 11.8. The zero-order valence-corrected chi connectivity index (χ0v) is 18.1. The van der Waals surface area contributed by atoms with Crippen LogP contribution in [0.3, 0.4) is 0 Å². The summed E-state index contributed by atoms with van der Waals surface area (Å²) in [6, 6.07) is 11.5. The van der Waals surface area contributed by atoms with E-state index in [0.717, 1.165) is 35.0 Å². The van der Waals surface area contributed by atoms with Gasteiger partial charge in [0.2, 0.25) is 11.8 Å². The van der Waals surface area contributed by atoms with Gasteiger partial charge in [-0.15, -0.1) is 0 Å². The van der Waals surface area contributed by atoms with Crippen molar-refractivity contribution >= 4 is 16.8 Å². The maximum absolute atomic E-state index is 11.8. The number of ether oxygens (including phenoxy) is 3. The molecule has 4 rings (SSSR count). The summed E-state index contributed by atoms with van der Waals surface area (Å²) in [6.07, 6.45) is 3.95. The van der Waals surface area contributed by atoms with Crippen molar-refractivity contribution in [2.45, 2.75) is 32.3 Å². The molecule has 0 saturated carbocycles. The topological polar surface area (TPSA) is 82.6 Å². The predicted molar refractivity (Wildman–Crippen MR) is 119 cm³/mol. The summed E-state index contributed by atoms with van der Waals surface area (Å²) < 4.78 is 17.3. The number of methoxy groups -OCH3 is 2. The molecule has 162 valence electrons. The zero-order chi connectivity index (χ0) is 21.8. The molecule has 3 heterocycles. The van der Waals surface area contributed by atoms with Crippen molar-refractivity contribution in [3.63, 3.8) is 0 Å². The van der Waals surface area contributed by atoms with Crippen molar-refractivity contribution < 1.29 is 19.0 Å². The molecule has 1 unspecified atom stereocenters. The highest BCUT2D eigenvalue weighted by Gasteiger charge is 2.31. The summed E-state index contributed by atoms with van der Waals surface area (Å²) in [7, 11) is 3.22. The lowest BCUT2D eigenvalue weighted by Crippen LogP contribution is -2.29. The quantitative estimate of drug-likeness (QED) is 0.592. The lowest BCUT2D eigenvalue weighted by Gasteiger charge is -2.24. The minimum atomic E-state index is -0.0968. The molecular weight excluding hydrogens is 394 g/mol. The second kappa shape index (κ2) is 9.20. The van der Waals surface area contributed by atoms with Crippen LogP contribution in [0.5, 0.6) is 17.4 Å². The molecule has 0 spiro atoms. The van der Waals surface area contributed by atoms with Gasteiger partial charge >= 0.3 is 0 Å². The van der Waals surface area contributed by atoms with Gasteiger partial charge in [0.1, 0.15) is 6.10 Å². The Morgan fingerprint density at radius 1 is 1.16 bits per heavy atom. The van der Waals surface area contributed by atoms with Crippen molar-refractivity contribution in [3.8, 4) is 28.6 Å². The standard InChI is InChI=1S/C24H27N3O4/c1-4-6-20(16-12-23(28)26-14-16)31-24-17-7-5-10-25-19(17)13-18(27-24)15-8-9-21(29-2)22(11-15)30-3/h5,7-11,13,16,20H,4,6,12,14H2,1-3H3,(H,26,28)/t16-,20?/m1/s1. The van der Waals surface area contributed by atoms with E-state index in [1.165, 1.54) is 0 Å². The lowest BCUT2D eigenvalue weighted by molar-refractivity contribution is -0.119. The SMILES string of the molecule is CCCC(Oc1nc(-c2ccc(OC)c(OC)c2)cc2ncccc12)[C@H]1CNC(=O)C1. The molecule has 2 atom stereocenters. The fourth-order valence-electron chi connectivity index (χ4n) is 3.99. The van der Waals surface area contributed by atoms with Crippen LogP contribution in [0.4, 0.5) is 0 Å². The van der Waals surface area contributed by atoms with Crippen LogP contribution in [-0.4, -0.2) is 42.7 Å². The van der Waals surface area contributed by atoms with E-state index in [0.29, 0.717) is 30.3 Å². The number of amides is 1. The third-order valence-electron chi connectivity index (χ3n) is 5.61. The first-order valence-electron chi connectivity index (χ1n) is 10.5. The largest absolute Gasteiger partial charge is 0.493 e. The molecule has 1 amide bonds. The average Bonchev–Trinajstić information content (AvgIpc) is 3.24. The molecule has 0 bridgehead atoms. The Balaban J connectivity index is 1.75. The Morgan fingerprint density at radius 3 is 2.71 bits per heavy atom. The van der Waals surface area contributed by atoms with Crippen molar-refractivity contribution in [2.75, 3.05) is 20.8 Å². The van der Waals surface area contributed by atoms with E-state index in [1.54, 1.807) is 20.4 Å². The van der Waals surface area contributed by atoms with E-state index < -0.39 is 0 Å². The second-order valence-corrected chi connectivity index (χ2v) is 7.67. The van der Waals surface area contributed by atoms with Crippen LogP contribution in [0.1, 0.15) is 26.2 Å². The van der Waals surface area contributed by atoms with Gasteiger partial charge in [-0.25, -0.2) is 4.98 Å². The number of nitrogens with zero attached hydrogens (tertiary/aromatic N) is 2. The van der Waals surface area contributed by atoms with Gasteiger partial charge in [-0.05, 0) is 42.8 Å². The Kier molecular flexibility index (Phi) is 6.21. The monoisotopic (exact) mass is 421 g/mol. The third kappa shape index (κ3) is 4.40. The molecule has 3 aromatic rings. The van der Waals surface area contributed by atoms with Crippen LogP contribution in [-0.2, 0) is 4.79 Å². The maximum Gasteiger partial charge on any atom is 0.223 e. The fraction of sp³-hybridized carbons (Fsp3) is 0.375. The normalized spacial score (nSPS) is 16.7. The van der Waals surface area contributed by atoms with E-state index in [4.69, 9.17) is 19.2 Å². The van der Waals surface area contributed by atoms with Crippen LogP contribution >= 0.6 is 0 Å². The number of hydrogen-bond acceptors (Lipinski definition) is 6. The van der Waals surface area contributed by atoms with Crippen molar-refractivity contribution in [1.29, 1.82) is 0 Å². The highest BCUT2D eigenvalue weighted by atomic mass is 16.5. The predicted octanol–water partition coefficient (Wildman–Crippen LogP) is 4.00. The van der Waals surface area contributed by atoms with Crippen LogP contribution in [0, 0.1) is 5.92 Å². The van der Waals surface area contributed by atoms with Crippen LogP contribution in [0.2, 0.25) is 0 Å². The molecule has 1 aliphatic heterocycles. The van der Waals surface area contributed by atoms with Gasteiger partial charge in [0.15, 0.2) is 11.5 Å². The third-order valence-corrected chi connectivity index (χ3v) is 5.61. The van der Waals surface area contributed by atoms with Gasteiger partial charge < -0.3 is 19.5 Å². The summed E-state index contributed by atoms with van der Waals surface area (Å²) >= 11 is 0. The molecule has 7 nitrogen and oxygen atoms in total. The molecule has 7 heteroatoms. The number of fused-ring (bicyclic) bond motifs is 1. The highest BCUT2D eigenvalue weighted by Crippen LogP contribution is 2.35. The number of hydrogen-bond donors (Lipinski definition) is 1. The number of pyridine rings is 2. The Hall–Kier alpha value is -3.35. The minimum Gasteiger partial charge on any atom is -0.493 e. The zero-order valence-electron chi connectivity index (χ0n) is 18.1. The van der Waals surface area contributed by atoms with Crippen LogP contribution in [0.25, 0.3) is 22.2 Å². The summed E-state index contributed by atoms with van der Waals surface area (Å²) in [4.78, 5) is 21.1. The van der Waals surface area contributed by atoms with E-state index in [-0.39, 0.29) is 17.9 Å². The van der Waals surface area contributed by atoms with E-state index >= 15 is 0 Å². The molecule has 0 aliphatic carbocycles. The first-order valence-corrected chi connectivity index (χ1v) is 10.5. The van der Waals surface area contributed by atoms with Gasteiger partial charge in [0, 0.05) is 30.6 Å². The molecule has 1 aromatic carbocycles. The van der Waals surface area contributed by atoms with Crippen molar-refractivity contribution in [3.05, 3.63) is 42.6 Å². The van der Waals surface area contributed by atoms with Crippen molar-refractivity contribution in [1.82, 2.24) is 15.3 Å². The molecule has 1 aliphatic rings. The number of nitrogens with one attached hydrogen (secondary N) is 1. The van der Waals surface area contributed by atoms with Gasteiger partial charge in [-0.2, -0.15) is 0 Å². The molecule has 1 fully saturated rings. The number of carbonyl (C=O) groups is 1. The van der Waals surface area contributed by atoms with Gasteiger partial charge in [-0.3, -0.25) is 9.78 Å². The Bertz CT molecular complexity index is 1090. The van der Waals surface area contributed by atoms with Crippen LogP contribution in [0.15, 0.2) is 42.6 Å². The summed E-state index contributed by atoms with van der Waals surface area (Å²) in [5.41, 5.74) is 2.41. The average molecular weight is 421 g/mol. The fourth-order valence-corrected chi connectivity index (χ4v) is 3.99. The number of rotatable bonds is 8. The Morgan fingerprint density at radius 2 is 2.00 bits per heavy atom. The lowest BCUT2D eigenvalue weighted by atomic mass is 9.97. The molecule has 0 radical (unpaired) electrons. The van der Waals surface area contributed by atoms with E-state index in [1.807, 2.05) is 36.4 Å². The molecule has 2 aromatic heterocycles. The van der Waals surface area contributed by atoms with Gasteiger partial charge in [-0.1, -0.05) is 13.3 Å². The first-order chi connectivity index (χ1) is 15.1. The van der Waals surface area contributed by atoms with Crippen molar-refractivity contribution in [2.24, 2.45) is 5.92 Å². The number of carbonyl (C=O) groups excluding carboxylic acids is 1. The molecule has 1 saturated heterocycles. The summed E-state index contributed by atoms with van der Waals surface area (Å²) in [5, 5.41) is 3.77. The first kappa shape index (κ1) is 20.9. The van der Waals surface area contributed by atoms with Crippen LogP contribution < -0.4 is 19.5 Å². The van der Waals surface area contributed by atoms with E-state index in [2.05, 4.69) is 17.2 Å². The molecular formula is C24H27N3O4. The minimum absolute atomic E-state index is 0.0771. The molecule has 31 heavy (non-hydrogen) atoms. The summed E-state index contributed by atoms with van der Waals surface area (Å²) in [6.45, 7) is 2.75. The second-order valence-electron chi connectivity index (χ2n) is 7.67. The molecule has 1 N–H and O–H groups in total.